The van der Waals surface area contributed by atoms with E-state index in [0.29, 0.717) is 18.6 Å². The molecule has 0 radical (unpaired) electrons. The average molecular weight is 267 g/mol. The topological polar surface area (TPSA) is 30.0 Å². The molecular formula is C18H21NO. The van der Waals surface area contributed by atoms with Gasteiger partial charge in [-0.25, -0.2) is 0 Å². The minimum Gasteiger partial charge on any atom is -0.300 e. The first kappa shape index (κ1) is 14.4. The summed E-state index contributed by atoms with van der Waals surface area (Å²) in [5.74, 6) is 0.384. The molecule has 104 valence electrons. The Morgan fingerprint density at radius 1 is 0.800 bits per heavy atom. The highest BCUT2D eigenvalue weighted by molar-refractivity contribution is 5.78. The molecule has 1 heterocycles. The minimum atomic E-state index is 0.384. The van der Waals surface area contributed by atoms with Crippen LogP contribution in [0.5, 0.6) is 0 Å². The molecule has 0 aliphatic carbocycles. The first-order chi connectivity index (χ1) is 9.84. The Kier molecular flexibility index (Phi) is 5.97. The fourth-order valence-electron chi connectivity index (χ4n) is 2.30. The molecular weight excluding hydrogens is 246 g/mol. The molecule has 1 aromatic heterocycles. The monoisotopic (exact) mass is 267 g/mol. The Morgan fingerprint density at radius 3 is 1.95 bits per heavy atom. The molecule has 0 aliphatic rings. The number of pyridine rings is 1. The molecule has 20 heavy (non-hydrogen) atoms. The van der Waals surface area contributed by atoms with Crippen LogP contribution in [0.3, 0.4) is 0 Å². The van der Waals surface area contributed by atoms with Gasteiger partial charge < -0.3 is 0 Å². The summed E-state index contributed by atoms with van der Waals surface area (Å²) in [4.78, 5) is 15.8. The van der Waals surface area contributed by atoms with E-state index in [0.717, 1.165) is 25.7 Å². The van der Waals surface area contributed by atoms with E-state index in [1.807, 2.05) is 30.3 Å². The summed E-state index contributed by atoms with van der Waals surface area (Å²) in [6.45, 7) is 0. The van der Waals surface area contributed by atoms with Crippen molar-refractivity contribution >= 4 is 5.78 Å². The lowest BCUT2D eigenvalue weighted by Crippen LogP contribution is -2.00. The van der Waals surface area contributed by atoms with Gasteiger partial charge in [0.1, 0.15) is 5.78 Å². The molecule has 0 aliphatic heterocycles. The first-order valence-corrected chi connectivity index (χ1v) is 7.29. The largest absolute Gasteiger partial charge is 0.300 e. The zero-order valence-electron chi connectivity index (χ0n) is 11.8. The second-order valence-electron chi connectivity index (χ2n) is 5.09. The second-order valence-corrected chi connectivity index (χ2v) is 5.09. The molecule has 0 atom stereocenters. The summed E-state index contributed by atoms with van der Waals surface area (Å²) in [6.07, 6.45) is 8.85. The number of Topliss-reactive ketones (excluding diaryl/α,β-unsaturated/α-hetero) is 1. The predicted molar refractivity (Wildman–Crippen MR) is 81.6 cm³/mol. The van der Waals surface area contributed by atoms with Crippen LogP contribution in [0.25, 0.3) is 0 Å². The van der Waals surface area contributed by atoms with E-state index in [9.17, 15) is 4.79 Å². The Hall–Kier alpha value is -1.96. The number of aromatic nitrogens is 1. The average Bonchev–Trinajstić information content (AvgIpc) is 2.49. The Balaban J connectivity index is 1.59. The molecule has 1 aromatic carbocycles. The number of rotatable bonds is 8. The van der Waals surface area contributed by atoms with Crippen molar-refractivity contribution in [3.05, 3.63) is 66.0 Å². The molecule has 2 rings (SSSR count). The van der Waals surface area contributed by atoms with E-state index < -0.39 is 0 Å². The first-order valence-electron chi connectivity index (χ1n) is 7.29. The van der Waals surface area contributed by atoms with Crippen LogP contribution in [0, 0.1) is 0 Å². The van der Waals surface area contributed by atoms with Gasteiger partial charge in [-0.15, -0.1) is 0 Å². The van der Waals surface area contributed by atoms with Gasteiger partial charge >= 0.3 is 0 Å². The number of ketones is 1. The number of carbonyl (C=O) groups excluding carboxylic acids is 1. The third kappa shape index (κ3) is 5.35. The SMILES string of the molecule is O=C(CCCc1ccccc1)CCCc1ccncc1. The van der Waals surface area contributed by atoms with Crippen LogP contribution in [0.1, 0.15) is 36.8 Å². The van der Waals surface area contributed by atoms with Gasteiger partial charge in [-0.05, 0) is 48.9 Å². The van der Waals surface area contributed by atoms with Crippen LogP contribution in [-0.2, 0) is 17.6 Å². The van der Waals surface area contributed by atoms with Crippen molar-refractivity contribution < 1.29 is 4.79 Å². The molecule has 0 N–H and O–H groups in total. The zero-order valence-corrected chi connectivity index (χ0v) is 11.8. The number of carbonyl (C=O) groups is 1. The standard InChI is InChI=1S/C18H21NO/c20-18(10-4-8-16-6-2-1-3-7-16)11-5-9-17-12-14-19-15-13-17/h1-3,6-7,12-15H,4-5,8-11H2. The smallest absolute Gasteiger partial charge is 0.132 e. The Labute approximate surface area is 120 Å². The van der Waals surface area contributed by atoms with Gasteiger partial charge in [0.25, 0.3) is 0 Å². The molecule has 0 spiro atoms. The van der Waals surface area contributed by atoms with Gasteiger partial charge in [-0.2, -0.15) is 0 Å². The van der Waals surface area contributed by atoms with E-state index in [-0.39, 0.29) is 0 Å². The van der Waals surface area contributed by atoms with Crippen LogP contribution >= 0.6 is 0 Å². The third-order valence-corrected chi connectivity index (χ3v) is 3.43. The lowest BCUT2D eigenvalue weighted by atomic mass is 10.0. The molecule has 0 saturated carbocycles. The van der Waals surface area contributed by atoms with Crippen LogP contribution in [0.4, 0.5) is 0 Å². The fourth-order valence-corrected chi connectivity index (χ4v) is 2.30. The van der Waals surface area contributed by atoms with Crippen LogP contribution in [0.2, 0.25) is 0 Å². The number of aryl methyl sites for hydroxylation is 2. The normalized spacial score (nSPS) is 10.4. The quantitative estimate of drug-likeness (QED) is 0.723. The number of nitrogens with zero attached hydrogens (tertiary/aromatic N) is 1. The van der Waals surface area contributed by atoms with Crippen LogP contribution in [0.15, 0.2) is 54.9 Å². The van der Waals surface area contributed by atoms with Crippen molar-refractivity contribution in [1.29, 1.82) is 0 Å². The molecule has 0 saturated heterocycles. The molecule has 2 aromatic rings. The van der Waals surface area contributed by atoms with Crippen molar-refractivity contribution in [3.8, 4) is 0 Å². The summed E-state index contributed by atoms with van der Waals surface area (Å²) < 4.78 is 0. The van der Waals surface area contributed by atoms with Gasteiger partial charge in [-0.1, -0.05) is 30.3 Å². The fraction of sp³-hybridized carbons (Fsp3) is 0.333. The Morgan fingerprint density at radius 2 is 1.35 bits per heavy atom. The van der Waals surface area contributed by atoms with E-state index in [4.69, 9.17) is 0 Å². The summed E-state index contributed by atoms with van der Waals surface area (Å²) in [5.41, 5.74) is 2.58. The van der Waals surface area contributed by atoms with Gasteiger partial charge in [0, 0.05) is 25.2 Å². The van der Waals surface area contributed by atoms with Gasteiger partial charge in [0.2, 0.25) is 0 Å². The number of hydrogen-bond acceptors (Lipinski definition) is 2. The van der Waals surface area contributed by atoms with Crippen molar-refractivity contribution in [2.45, 2.75) is 38.5 Å². The summed E-state index contributed by atoms with van der Waals surface area (Å²) in [7, 11) is 0. The van der Waals surface area contributed by atoms with E-state index in [1.54, 1.807) is 12.4 Å². The maximum atomic E-state index is 11.8. The Bertz CT molecular complexity index is 460. The molecule has 0 amide bonds. The molecule has 2 nitrogen and oxygen atoms in total. The highest BCUT2D eigenvalue weighted by Crippen LogP contribution is 2.08. The van der Waals surface area contributed by atoms with Crippen LogP contribution < -0.4 is 0 Å². The lowest BCUT2D eigenvalue weighted by molar-refractivity contribution is -0.119. The lowest BCUT2D eigenvalue weighted by Gasteiger charge is -2.02. The minimum absolute atomic E-state index is 0.384. The molecule has 0 fully saturated rings. The zero-order chi connectivity index (χ0) is 14.0. The van der Waals surface area contributed by atoms with Crippen molar-refractivity contribution in [2.75, 3.05) is 0 Å². The van der Waals surface area contributed by atoms with Crippen LogP contribution in [-0.4, -0.2) is 10.8 Å². The maximum Gasteiger partial charge on any atom is 0.132 e. The van der Waals surface area contributed by atoms with Crippen molar-refractivity contribution in [3.63, 3.8) is 0 Å². The number of hydrogen-bond donors (Lipinski definition) is 0. The van der Waals surface area contributed by atoms with Crippen molar-refractivity contribution in [1.82, 2.24) is 4.98 Å². The summed E-state index contributed by atoms with van der Waals surface area (Å²) in [6, 6.07) is 14.4. The highest BCUT2D eigenvalue weighted by Gasteiger charge is 2.02. The number of benzene rings is 1. The third-order valence-electron chi connectivity index (χ3n) is 3.43. The molecule has 0 bridgehead atoms. The van der Waals surface area contributed by atoms with E-state index >= 15 is 0 Å². The predicted octanol–water partition coefficient (Wildman–Crippen LogP) is 4.00. The maximum absolute atomic E-state index is 11.8. The van der Waals surface area contributed by atoms with Crippen molar-refractivity contribution in [2.24, 2.45) is 0 Å². The van der Waals surface area contributed by atoms with Gasteiger partial charge in [0.15, 0.2) is 0 Å². The molecule has 0 unspecified atom stereocenters. The summed E-state index contributed by atoms with van der Waals surface area (Å²) >= 11 is 0. The van der Waals surface area contributed by atoms with E-state index in [1.165, 1.54) is 11.1 Å². The van der Waals surface area contributed by atoms with Gasteiger partial charge in [-0.3, -0.25) is 9.78 Å². The highest BCUT2D eigenvalue weighted by atomic mass is 16.1. The van der Waals surface area contributed by atoms with Gasteiger partial charge in [0.05, 0.1) is 0 Å². The van der Waals surface area contributed by atoms with E-state index in [2.05, 4.69) is 17.1 Å². The summed E-state index contributed by atoms with van der Waals surface area (Å²) in [5, 5.41) is 0. The molecule has 2 heteroatoms. The second kappa shape index (κ2) is 8.26.